The number of methoxy groups -OCH3 is 1. The monoisotopic (exact) mass is 316 g/mol. The summed E-state index contributed by atoms with van der Waals surface area (Å²) in [4.78, 5) is 22.4. The summed E-state index contributed by atoms with van der Waals surface area (Å²) in [5.41, 5.74) is 6.22. The van der Waals surface area contributed by atoms with Crippen molar-refractivity contribution < 1.29 is 19.1 Å². The molecule has 1 atom stereocenters. The molecule has 0 aliphatic heterocycles. The second kappa shape index (κ2) is 10.0. The van der Waals surface area contributed by atoms with E-state index in [-0.39, 0.29) is 49.8 Å². The largest absolute Gasteiger partial charge is 0.493 e. The summed E-state index contributed by atoms with van der Waals surface area (Å²) in [5, 5.41) is 2.74. The number of carbonyl (C=O) groups is 2. The predicted molar refractivity (Wildman–Crippen MR) is 82.7 cm³/mol. The van der Waals surface area contributed by atoms with Gasteiger partial charge < -0.3 is 20.5 Å². The Morgan fingerprint density at radius 1 is 1.29 bits per heavy atom. The average molecular weight is 317 g/mol. The summed E-state index contributed by atoms with van der Waals surface area (Å²) >= 11 is 0. The van der Waals surface area contributed by atoms with Gasteiger partial charge in [0.2, 0.25) is 5.91 Å². The third-order valence-corrected chi connectivity index (χ3v) is 2.45. The van der Waals surface area contributed by atoms with Crippen LogP contribution in [0.5, 0.6) is 5.75 Å². The highest BCUT2D eigenvalue weighted by atomic mass is 35.5. The first-order valence-electron chi connectivity index (χ1n) is 6.36. The summed E-state index contributed by atoms with van der Waals surface area (Å²) in [6, 6.07) is 6.73. The molecule has 0 bridgehead atoms. The number of hydrogen-bond acceptors (Lipinski definition) is 5. The van der Waals surface area contributed by atoms with Crippen LogP contribution >= 0.6 is 12.4 Å². The van der Waals surface area contributed by atoms with Crippen molar-refractivity contribution in [3.05, 3.63) is 24.3 Å². The number of esters is 1. The van der Waals surface area contributed by atoms with Crippen molar-refractivity contribution in [3.8, 4) is 5.75 Å². The fourth-order valence-corrected chi connectivity index (χ4v) is 1.49. The van der Waals surface area contributed by atoms with E-state index >= 15 is 0 Å². The zero-order valence-corrected chi connectivity index (χ0v) is 12.9. The van der Waals surface area contributed by atoms with Gasteiger partial charge in [-0.3, -0.25) is 9.59 Å². The second-order valence-electron chi connectivity index (χ2n) is 4.43. The Labute approximate surface area is 130 Å². The van der Waals surface area contributed by atoms with Gasteiger partial charge in [0.1, 0.15) is 5.75 Å². The number of halogens is 1. The predicted octanol–water partition coefficient (Wildman–Crippen LogP) is 1.73. The molecule has 6 nitrogen and oxygen atoms in total. The van der Waals surface area contributed by atoms with E-state index in [2.05, 4.69) is 10.1 Å². The number of anilines is 1. The molecule has 0 fully saturated rings. The molecule has 7 heteroatoms. The number of nitrogens with one attached hydrogen (secondary N) is 1. The molecule has 0 spiro atoms. The molecular weight excluding hydrogens is 296 g/mol. The lowest BCUT2D eigenvalue weighted by atomic mass is 10.2. The van der Waals surface area contributed by atoms with E-state index in [1.165, 1.54) is 7.11 Å². The molecular formula is C14H21ClN2O4. The molecule has 0 radical (unpaired) electrons. The summed E-state index contributed by atoms with van der Waals surface area (Å²) in [5.74, 6) is 0.184. The number of amides is 1. The molecule has 0 aliphatic rings. The Morgan fingerprint density at radius 2 is 1.90 bits per heavy atom. The van der Waals surface area contributed by atoms with Gasteiger partial charge >= 0.3 is 5.97 Å². The van der Waals surface area contributed by atoms with Crippen LogP contribution in [-0.4, -0.2) is 31.6 Å². The molecule has 0 aliphatic carbocycles. The second-order valence-corrected chi connectivity index (χ2v) is 4.43. The van der Waals surface area contributed by atoms with E-state index in [4.69, 9.17) is 10.5 Å². The summed E-state index contributed by atoms with van der Waals surface area (Å²) in [6.07, 6.45) is 0.473. The number of carbonyl (C=O) groups excluding carboxylic acids is 2. The highest BCUT2D eigenvalue weighted by Crippen LogP contribution is 2.16. The Balaban J connectivity index is 0.00000400. The third-order valence-electron chi connectivity index (χ3n) is 2.45. The van der Waals surface area contributed by atoms with E-state index in [0.717, 1.165) is 0 Å². The van der Waals surface area contributed by atoms with Gasteiger partial charge in [-0.15, -0.1) is 12.4 Å². The fourth-order valence-electron chi connectivity index (χ4n) is 1.49. The molecule has 21 heavy (non-hydrogen) atoms. The minimum absolute atomic E-state index is 0. The molecule has 0 saturated heterocycles. The topological polar surface area (TPSA) is 90.6 Å². The van der Waals surface area contributed by atoms with E-state index < -0.39 is 0 Å². The molecule has 1 aromatic rings. The molecule has 1 rings (SSSR count). The molecule has 1 aromatic carbocycles. The van der Waals surface area contributed by atoms with E-state index in [1.807, 2.05) is 0 Å². The van der Waals surface area contributed by atoms with E-state index in [0.29, 0.717) is 11.4 Å². The zero-order chi connectivity index (χ0) is 15.0. The molecule has 1 amide bonds. The van der Waals surface area contributed by atoms with Gasteiger partial charge in [-0.05, 0) is 31.2 Å². The number of nitrogens with two attached hydrogens (primary N) is 1. The summed E-state index contributed by atoms with van der Waals surface area (Å²) < 4.78 is 9.88. The first-order chi connectivity index (χ1) is 9.51. The molecule has 3 N–H and O–H groups in total. The van der Waals surface area contributed by atoms with Crippen molar-refractivity contribution in [3.63, 3.8) is 0 Å². The SMILES string of the molecule is COC(=O)CCOc1ccc(NC(=O)CC(C)N)cc1.Cl. The van der Waals surface area contributed by atoms with Gasteiger partial charge in [0, 0.05) is 18.2 Å². The maximum atomic E-state index is 11.5. The lowest BCUT2D eigenvalue weighted by Gasteiger charge is -2.09. The van der Waals surface area contributed by atoms with Crippen LogP contribution in [0.3, 0.4) is 0 Å². The smallest absolute Gasteiger partial charge is 0.308 e. The number of hydrogen-bond donors (Lipinski definition) is 2. The molecule has 1 unspecified atom stereocenters. The van der Waals surface area contributed by atoms with Crippen LogP contribution in [0.4, 0.5) is 5.69 Å². The van der Waals surface area contributed by atoms with Crippen LogP contribution in [0, 0.1) is 0 Å². The maximum absolute atomic E-state index is 11.5. The molecule has 118 valence electrons. The highest BCUT2D eigenvalue weighted by Gasteiger charge is 2.06. The van der Waals surface area contributed by atoms with Crippen LogP contribution in [0.25, 0.3) is 0 Å². The lowest BCUT2D eigenvalue weighted by Crippen LogP contribution is -2.23. The van der Waals surface area contributed by atoms with Gasteiger partial charge in [0.15, 0.2) is 0 Å². The third kappa shape index (κ3) is 8.16. The maximum Gasteiger partial charge on any atom is 0.308 e. The van der Waals surface area contributed by atoms with Crippen molar-refractivity contribution in [1.29, 1.82) is 0 Å². The Hall–Kier alpha value is -1.79. The standard InChI is InChI=1S/C14H20N2O4.ClH/c1-10(15)9-13(17)16-11-3-5-12(6-4-11)20-8-7-14(18)19-2;/h3-6,10H,7-9,15H2,1-2H3,(H,16,17);1H. The van der Waals surface area contributed by atoms with Gasteiger partial charge in [-0.25, -0.2) is 0 Å². The number of rotatable bonds is 7. The van der Waals surface area contributed by atoms with Crippen LogP contribution in [-0.2, 0) is 14.3 Å². The van der Waals surface area contributed by atoms with Crippen molar-refractivity contribution in [2.24, 2.45) is 5.73 Å². The Morgan fingerprint density at radius 3 is 2.43 bits per heavy atom. The van der Waals surface area contributed by atoms with Crippen molar-refractivity contribution in [1.82, 2.24) is 0 Å². The molecule has 0 heterocycles. The van der Waals surface area contributed by atoms with E-state index in [9.17, 15) is 9.59 Å². The van der Waals surface area contributed by atoms with Gasteiger partial charge in [0.25, 0.3) is 0 Å². The van der Waals surface area contributed by atoms with Crippen molar-refractivity contribution in [2.75, 3.05) is 19.0 Å². The van der Waals surface area contributed by atoms with Gasteiger partial charge in [-0.1, -0.05) is 0 Å². The van der Waals surface area contributed by atoms with Crippen LogP contribution < -0.4 is 15.8 Å². The van der Waals surface area contributed by atoms with Crippen LogP contribution in [0.1, 0.15) is 19.8 Å². The average Bonchev–Trinajstić information content (AvgIpc) is 2.39. The lowest BCUT2D eigenvalue weighted by molar-refractivity contribution is -0.141. The van der Waals surface area contributed by atoms with Crippen LogP contribution in [0.15, 0.2) is 24.3 Å². The van der Waals surface area contributed by atoms with Gasteiger partial charge in [-0.2, -0.15) is 0 Å². The zero-order valence-electron chi connectivity index (χ0n) is 12.1. The van der Waals surface area contributed by atoms with E-state index in [1.54, 1.807) is 31.2 Å². The number of ether oxygens (including phenoxy) is 2. The first kappa shape index (κ1) is 19.2. The van der Waals surface area contributed by atoms with Crippen LogP contribution in [0.2, 0.25) is 0 Å². The summed E-state index contributed by atoms with van der Waals surface area (Å²) in [6.45, 7) is 2.03. The summed E-state index contributed by atoms with van der Waals surface area (Å²) in [7, 11) is 1.34. The van der Waals surface area contributed by atoms with Gasteiger partial charge in [0.05, 0.1) is 20.1 Å². The Bertz CT molecular complexity index is 449. The fraction of sp³-hybridized carbons (Fsp3) is 0.429. The number of benzene rings is 1. The minimum atomic E-state index is -0.315. The Kier molecular flexibility index (Phi) is 9.16. The quantitative estimate of drug-likeness (QED) is 0.748. The van der Waals surface area contributed by atoms with Crippen molar-refractivity contribution in [2.45, 2.75) is 25.8 Å². The highest BCUT2D eigenvalue weighted by molar-refractivity contribution is 5.91. The first-order valence-corrected chi connectivity index (χ1v) is 6.36. The normalized spacial score (nSPS) is 11.0. The molecule has 0 saturated carbocycles. The molecule has 0 aromatic heterocycles. The van der Waals surface area contributed by atoms with Crippen molar-refractivity contribution >= 4 is 30.0 Å². The minimum Gasteiger partial charge on any atom is -0.493 e.